The highest BCUT2D eigenvalue weighted by molar-refractivity contribution is 5.73. The molecule has 0 aromatic heterocycles. The first kappa shape index (κ1) is 11.4. The van der Waals surface area contributed by atoms with E-state index in [1.165, 1.54) is 7.11 Å². The number of carbonyl (C=O) groups is 1. The minimum atomic E-state index is -0.988. The molecule has 0 aliphatic heterocycles. The van der Waals surface area contributed by atoms with Crippen LogP contribution in [-0.2, 0) is 14.3 Å². The Bertz CT molecular complexity index is 144. The van der Waals surface area contributed by atoms with E-state index in [1.54, 1.807) is 20.8 Å². The third-order valence-corrected chi connectivity index (χ3v) is 1.46. The lowest BCUT2D eigenvalue weighted by Crippen LogP contribution is -2.37. The van der Waals surface area contributed by atoms with Crippen LogP contribution in [-0.4, -0.2) is 36.5 Å². The van der Waals surface area contributed by atoms with Gasteiger partial charge in [-0.15, -0.1) is 0 Å². The number of carboxylic acids is 1. The number of ether oxygens (including phenoxy) is 2. The van der Waals surface area contributed by atoms with Crippen molar-refractivity contribution in [2.75, 3.05) is 7.11 Å². The molecule has 0 saturated heterocycles. The first-order valence-corrected chi connectivity index (χ1v) is 3.90. The predicted molar refractivity (Wildman–Crippen MR) is 44.1 cm³/mol. The quantitative estimate of drug-likeness (QED) is 0.676. The van der Waals surface area contributed by atoms with Gasteiger partial charge in [-0.1, -0.05) is 0 Å². The van der Waals surface area contributed by atoms with Gasteiger partial charge >= 0.3 is 5.97 Å². The molecule has 4 heteroatoms. The van der Waals surface area contributed by atoms with Crippen molar-refractivity contribution in [1.82, 2.24) is 0 Å². The number of hydrogen-bond acceptors (Lipinski definition) is 3. The van der Waals surface area contributed by atoms with Crippen LogP contribution in [0, 0.1) is 0 Å². The monoisotopic (exact) mass is 176 g/mol. The average molecular weight is 176 g/mol. The molecule has 2 unspecified atom stereocenters. The molecule has 0 aromatic rings. The van der Waals surface area contributed by atoms with Crippen molar-refractivity contribution in [1.29, 1.82) is 0 Å². The molecule has 0 bridgehead atoms. The Hall–Kier alpha value is -0.610. The van der Waals surface area contributed by atoms with Gasteiger partial charge in [0.2, 0.25) is 0 Å². The van der Waals surface area contributed by atoms with Crippen molar-refractivity contribution >= 4 is 5.97 Å². The van der Waals surface area contributed by atoms with Crippen LogP contribution in [0.5, 0.6) is 0 Å². The zero-order valence-corrected chi connectivity index (χ0v) is 7.90. The molecule has 0 aromatic carbocycles. The fourth-order valence-electron chi connectivity index (χ4n) is 0.786. The maximum Gasteiger partial charge on any atom is 0.335 e. The fraction of sp³-hybridized carbons (Fsp3) is 0.875. The number of rotatable bonds is 5. The van der Waals surface area contributed by atoms with Gasteiger partial charge in [-0.2, -0.15) is 0 Å². The predicted octanol–water partition coefficient (Wildman–Crippen LogP) is 0.899. The summed E-state index contributed by atoms with van der Waals surface area (Å²) in [6.07, 6.45) is -1.41. The molecule has 0 aliphatic rings. The van der Waals surface area contributed by atoms with E-state index in [2.05, 4.69) is 0 Å². The average Bonchev–Trinajstić information content (AvgIpc) is 1.98. The Morgan fingerprint density at radius 3 is 2.08 bits per heavy atom. The van der Waals surface area contributed by atoms with E-state index < -0.39 is 18.2 Å². The Balaban J connectivity index is 4.13. The SMILES string of the molecule is COC(C)C(OC(C)C)C(=O)O. The van der Waals surface area contributed by atoms with E-state index in [1.807, 2.05) is 0 Å². The molecule has 0 rings (SSSR count). The standard InChI is InChI=1S/C8H16O4/c1-5(2)12-7(8(9)10)6(3)11-4/h5-7H,1-4H3,(H,9,10). The molecule has 1 N–H and O–H groups in total. The zero-order chi connectivity index (χ0) is 9.72. The van der Waals surface area contributed by atoms with Crippen LogP contribution in [0.4, 0.5) is 0 Å². The largest absolute Gasteiger partial charge is 0.479 e. The molecule has 0 saturated carbocycles. The molecule has 0 heterocycles. The van der Waals surface area contributed by atoms with Gasteiger partial charge < -0.3 is 14.6 Å². The molecule has 12 heavy (non-hydrogen) atoms. The van der Waals surface area contributed by atoms with E-state index in [0.29, 0.717) is 0 Å². The summed E-state index contributed by atoms with van der Waals surface area (Å²) in [5.41, 5.74) is 0. The second-order valence-corrected chi connectivity index (χ2v) is 2.88. The zero-order valence-electron chi connectivity index (χ0n) is 7.90. The highest BCUT2D eigenvalue weighted by Crippen LogP contribution is 2.06. The third-order valence-electron chi connectivity index (χ3n) is 1.46. The maximum absolute atomic E-state index is 10.6. The third kappa shape index (κ3) is 3.69. The number of methoxy groups -OCH3 is 1. The van der Waals surface area contributed by atoms with Gasteiger partial charge in [0.1, 0.15) is 0 Å². The van der Waals surface area contributed by atoms with Crippen molar-refractivity contribution in [2.45, 2.75) is 39.1 Å². The van der Waals surface area contributed by atoms with Crippen LogP contribution in [0.2, 0.25) is 0 Å². The second kappa shape index (κ2) is 5.11. The van der Waals surface area contributed by atoms with Crippen molar-refractivity contribution < 1.29 is 19.4 Å². The van der Waals surface area contributed by atoms with Gasteiger partial charge in [0.25, 0.3) is 0 Å². The Labute approximate surface area is 72.5 Å². The molecular formula is C8H16O4. The summed E-state index contributed by atoms with van der Waals surface area (Å²) in [6, 6.07) is 0. The van der Waals surface area contributed by atoms with Gasteiger partial charge in [-0.3, -0.25) is 0 Å². The van der Waals surface area contributed by atoms with Crippen molar-refractivity contribution in [3.05, 3.63) is 0 Å². The van der Waals surface area contributed by atoms with E-state index in [4.69, 9.17) is 14.6 Å². The summed E-state index contributed by atoms with van der Waals surface area (Å²) in [4.78, 5) is 10.6. The van der Waals surface area contributed by atoms with Crippen LogP contribution >= 0.6 is 0 Å². The molecule has 4 nitrogen and oxygen atoms in total. The van der Waals surface area contributed by atoms with Crippen molar-refractivity contribution in [3.63, 3.8) is 0 Å². The fourth-order valence-corrected chi connectivity index (χ4v) is 0.786. The van der Waals surface area contributed by atoms with Gasteiger partial charge in [0.15, 0.2) is 6.10 Å². The highest BCUT2D eigenvalue weighted by atomic mass is 16.6. The van der Waals surface area contributed by atoms with Crippen LogP contribution in [0.25, 0.3) is 0 Å². The van der Waals surface area contributed by atoms with Crippen LogP contribution in [0.3, 0.4) is 0 Å². The minimum Gasteiger partial charge on any atom is -0.479 e. The second-order valence-electron chi connectivity index (χ2n) is 2.88. The van der Waals surface area contributed by atoms with E-state index >= 15 is 0 Å². The summed E-state index contributed by atoms with van der Waals surface area (Å²) >= 11 is 0. The van der Waals surface area contributed by atoms with E-state index in [-0.39, 0.29) is 6.10 Å². The smallest absolute Gasteiger partial charge is 0.335 e. The molecule has 0 fully saturated rings. The van der Waals surface area contributed by atoms with Gasteiger partial charge in [0.05, 0.1) is 12.2 Å². The summed E-state index contributed by atoms with van der Waals surface area (Å²) < 4.78 is 10.0. The van der Waals surface area contributed by atoms with Crippen molar-refractivity contribution in [2.24, 2.45) is 0 Å². The summed E-state index contributed by atoms with van der Waals surface area (Å²) in [5.74, 6) is -0.988. The number of carboxylic acid groups (broad SMARTS) is 1. The Kier molecular flexibility index (Phi) is 4.85. The van der Waals surface area contributed by atoms with Gasteiger partial charge in [-0.25, -0.2) is 4.79 Å². The van der Waals surface area contributed by atoms with E-state index in [9.17, 15) is 4.79 Å². The van der Waals surface area contributed by atoms with Crippen LogP contribution in [0.15, 0.2) is 0 Å². The summed E-state index contributed by atoms with van der Waals surface area (Å²) in [6.45, 7) is 5.25. The molecule has 0 spiro atoms. The first-order valence-electron chi connectivity index (χ1n) is 3.90. The topological polar surface area (TPSA) is 55.8 Å². The van der Waals surface area contributed by atoms with Gasteiger partial charge in [0, 0.05) is 7.11 Å². The normalized spacial score (nSPS) is 16.1. The summed E-state index contributed by atoms with van der Waals surface area (Å²) in [7, 11) is 1.46. The van der Waals surface area contributed by atoms with E-state index in [0.717, 1.165) is 0 Å². The van der Waals surface area contributed by atoms with Gasteiger partial charge in [-0.05, 0) is 20.8 Å². The lowest BCUT2D eigenvalue weighted by atomic mass is 10.2. The molecule has 2 atom stereocenters. The Morgan fingerprint density at radius 1 is 1.33 bits per heavy atom. The molecule has 0 aliphatic carbocycles. The maximum atomic E-state index is 10.6. The minimum absolute atomic E-state index is 0.108. The lowest BCUT2D eigenvalue weighted by molar-refractivity contribution is -0.163. The number of hydrogen-bond donors (Lipinski definition) is 1. The molecule has 0 amide bonds. The molecule has 72 valence electrons. The highest BCUT2D eigenvalue weighted by Gasteiger charge is 2.26. The van der Waals surface area contributed by atoms with Crippen LogP contribution in [0.1, 0.15) is 20.8 Å². The lowest BCUT2D eigenvalue weighted by Gasteiger charge is -2.21. The van der Waals surface area contributed by atoms with Crippen molar-refractivity contribution in [3.8, 4) is 0 Å². The van der Waals surface area contributed by atoms with Crippen LogP contribution < -0.4 is 0 Å². The number of aliphatic carboxylic acids is 1. The molecular weight excluding hydrogens is 160 g/mol. The first-order chi connectivity index (χ1) is 5.49. The summed E-state index contributed by atoms with van der Waals surface area (Å²) in [5, 5.41) is 8.72. The molecule has 0 radical (unpaired) electrons. The Morgan fingerprint density at radius 2 is 1.83 bits per heavy atom.